The van der Waals surface area contributed by atoms with Crippen molar-refractivity contribution in [3.05, 3.63) is 35.4 Å². The zero-order valence-electron chi connectivity index (χ0n) is 9.80. The molecule has 5 nitrogen and oxygen atoms in total. The molecule has 0 saturated carbocycles. The minimum absolute atomic E-state index is 0.199. The van der Waals surface area contributed by atoms with Crippen LogP contribution in [0.2, 0.25) is 0 Å². The summed E-state index contributed by atoms with van der Waals surface area (Å²) < 4.78 is 9.09. The topological polar surface area (TPSA) is 78.6 Å². The lowest BCUT2D eigenvalue weighted by atomic mass is 10.0. The number of hydrogen-bond acceptors (Lipinski definition) is 5. The van der Waals surface area contributed by atoms with Crippen LogP contribution in [0.1, 0.15) is 17.2 Å². The van der Waals surface area contributed by atoms with Gasteiger partial charge in [-0.25, -0.2) is 0 Å². The number of methoxy groups -OCH3 is 2. The fraction of sp³-hybridized carbons (Fsp3) is 0.333. The first-order valence-corrected chi connectivity index (χ1v) is 5.07. The van der Waals surface area contributed by atoms with Crippen molar-refractivity contribution < 1.29 is 19.1 Å². The summed E-state index contributed by atoms with van der Waals surface area (Å²) in [7, 11) is 2.62. The highest BCUT2D eigenvalue weighted by Gasteiger charge is 2.15. The van der Waals surface area contributed by atoms with E-state index in [-0.39, 0.29) is 12.4 Å². The fourth-order valence-electron chi connectivity index (χ4n) is 1.34. The summed E-state index contributed by atoms with van der Waals surface area (Å²) in [6, 6.07) is 6.05. The van der Waals surface area contributed by atoms with Crippen LogP contribution in [0, 0.1) is 0 Å². The zero-order valence-corrected chi connectivity index (χ0v) is 9.80. The largest absolute Gasteiger partial charge is 0.469 e. The van der Waals surface area contributed by atoms with E-state index in [1.807, 2.05) is 0 Å². The molecular weight excluding hydrogens is 222 g/mol. The number of benzene rings is 1. The molecule has 0 heterocycles. The van der Waals surface area contributed by atoms with Crippen LogP contribution in [0.4, 0.5) is 0 Å². The summed E-state index contributed by atoms with van der Waals surface area (Å²) in [5, 5.41) is 0. The van der Waals surface area contributed by atoms with Gasteiger partial charge >= 0.3 is 11.9 Å². The zero-order chi connectivity index (χ0) is 12.8. The van der Waals surface area contributed by atoms with E-state index >= 15 is 0 Å². The predicted molar refractivity (Wildman–Crippen MR) is 61.1 cm³/mol. The molecule has 1 unspecified atom stereocenters. The monoisotopic (exact) mass is 237 g/mol. The number of rotatable bonds is 4. The lowest BCUT2D eigenvalue weighted by Crippen LogP contribution is -2.22. The van der Waals surface area contributed by atoms with E-state index in [0.29, 0.717) is 5.56 Å². The Hall–Kier alpha value is -1.88. The van der Waals surface area contributed by atoms with Crippen LogP contribution in [-0.4, -0.2) is 26.2 Å². The van der Waals surface area contributed by atoms with E-state index in [1.165, 1.54) is 14.2 Å². The molecule has 0 aliphatic carbocycles. The molecule has 92 valence electrons. The first-order chi connectivity index (χ1) is 8.08. The summed E-state index contributed by atoms with van der Waals surface area (Å²) in [5.74, 6) is -0.805. The Morgan fingerprint density at radius 3 is 2.24 bits per heavy atom. The third-order valence-corrected chi connectivity index (χ3v) is 2.37. The average molecular weight is 237 g/mol. The van der Waals surface area contributed by atoms with Gasteiger partial charge in [-0.3, -0.25) is 9.59 Å². The quantitative estimate of drug-likeness (QED) is 0.775. The maximum Gasteiger partial charge on any atom is 0.327 e. The van der Waals surface area contributed by atoms with Gasteiger partial charge in [-0.05, 0) is 11.1 Å². The highest BCUT2D eigenvalue weighted by molar-refractivity contribution is 5.77. The highest BCUT2D eigenvalue weighted by atomic mass is 16.5. The molecule has 2 N–H and O–H groups in total. The van der Waals surface area contributed by atoms with Gasteiger partial charge in [0.2, 0.25) is 0 Å². The summed E-state index contributed by atoms with van der Waals surface area (Å²) in [4.78, 5) is 22.2. The molecule has 17 heavy (non-hydrogen) atoms. The molecule has 1 rings (SSSR count). The Balaban J connectivity index is 2.74. The van der Waals surface area contributed by atoms with Gasteiger partial charge in [0.15, 0.2) is 0 Å². The van der Waals surface area contributed by atoms with Crippen LogP contribution in [0.3, 0.4) is 0 Å². The summed E-state index contributed by atoms with van der Waals surface area (Å²) >= 11 is 0. The third-order valence-electron chi connectivity index (χ3n) is 2.37. The molecule has 1 aromatic carbocycles. The Kier molecular flexibility index (Phi) is 4.66. The van der Waals surface area contributed by atoms with Crippen LogP contribution in [0.15, 0.2) is 24.3 Å². The fourth-order valence-corrected chi connectivity index (χ4v) is 1.34. The van der Waals surface area contributed by atoms with Gasteiger partial charge in [0.25, 0.3) is 0 Å². The van der Waals surface area contributed by atoms with Crippen LogP contribution in [-0.2, 0) is 25.5 Å². The van der Waals surface area contributed by atoms with Crippen LogP contribution >= 0.6 is 0 Å². The van der Waals surface area contributed by atoms with Crippen molar-refractivity contribution in [1.82, 2.24) is 0 Å². The molecule has 0 aromatic heterocycles. The lowest BCUT2D eigenvalue weighted by Gasteiger charge is -2.09. The van der Waals surface area contributed by atoms with Crippen molar-refractivity contribution in [2.45, 2.75) is 12.5 Å². The van der Waals surface area contributed by atoms with Crippen molar-refractivity contribution in [1.29, 1.82) is 0 Å². The van der Waals surface area contributed by atoms with E-state index < -0.39 is 12.0 Å². The maximum atomic E-state index is 11.2. The van der Waals surface area contributed by atoms with Gasteiger partial charge in [0.1, 0.15) is 6.04 Å². The predicted octanol–water partition coefficient (Wildman–Crippen LogP) is 0.575. The minimum atomic E-state index is -0.799. The number of carbonyl (C=O) groups is 2. The molecule has 0 aliphatic rings. The van der Waals surface area contributed by atoms with Crippen LogP contribution in [0.25, 0.3) is 0 Å². The molecule has 0 saturated heterocycles. The first kappa shape index (κ1) is 13.2. The van der Waals surface area contributed by atoms with E-state index in [1.54, 1.807) is 24.3 Å². The van der Waals surface area contributed by atoms with Crippen molar-refractivity contribution in [3.63, 3.8) is 0 Å². The van der Waals surface area contributed by atoms with Crippen molar-refractivity contribution in [2.24, 2.45) is 5.73 Å². The second-order valence-corrected chi connectivity index (χ2v) is 3.50. The van der Waals surface area contributed by atoms with Crippen molar-refractivity contribution in [2.75, 3.05) is 14.2 Å². The van der Waals surface area contributed by atoms with Gasteiger partial charge in [0.05, 0.1) is 20.6 Å². The molecule has 0 aliphatic heterocycles. The Bertz CT molecular complexity index is 399. The molecule has 1 atom stereocenters. The van der Waals surface area contributed by atoms with Crippen LogP contribution < -0.4 is 5.73 Å². The number of nitrogens with two attached hydrogens (primary N) is 1. The van der Waals surface area contributed by atoms with Gasteiger partial charge < -0.3 is 15.2 Å². The number of esters is 2. The molecule has 0 bridgehead atoms. The first-order valence-electron chi connectivity index (χ1n) is 5.07. The molecular formula is C12H15NO4. The molecule has 0 radical (unpaired) electrons. The number of carbonyl (C=O) groups excluding carboxylic acids is 2. The lowest BCUT2D eigenvalue weighted by molar-refractivity contribution is -0.142. The Labute approximate surface area is 99.5 Å². The summed E-state index contributed by atoms with van der Waals surface area (Å²) in [6.45, 7) is 0. The van der Waals surface area contributed by atoms with Crippen molar-refractivity contribution in [3.8, 4) is 0 Å². The number of ether oxygens (including phenoxy) is 2. The molecule has 5 heteroatoms. The minimum Gasteiger partial charge on any atom is -0.469 e. The SMILES string of the molecule is COC(=O)Cc1ccc(C(N)C(=O)OC)cc1. The summed E-state index contributed by atoms with van der Waals surface area (Å²) in [6.07, 6.45) is 0.199. The van der Waals surface area contributed by atoms with E-state index in [4.69, 9.17) is 5.73 Å². The van der Waals surface area contributed by atoms with Gasteiger partial charge in [-0.2, -0.15) is 0 Å². The summed E-state index contributed by atoms with van der Waals surface area (Å²) in [5.41, 5.74) is 7.11. The molecule has 0 fully saturated rings. The van der Waals surface area contributed by atoms with Gasteiger partial charge in [-0.1, -0.05) is 24.3 Å². The van der Waals surface area contributed by atoms with E-state index in [0.717, 1.165) is 5.56 Å². The molecule has 0 spiro atoms. The Morgan fingerprint density at radius 1 is 1.18 bits per heavy atom. The van der Waals surface area contributed by atoms with Gasteiger partial charge in [-0.15, -0.1) is 0 Å². The molecule has 0 amide bonds. The van der Waals surface area contributed by atoms with E-state index in [2.05, 4.69) is 9.47 Å². The van der Waals surface area contributed by atoms with E-state index in [9.17, 15) is 9.59 Å². The van der Waals surface area contributed by atoms with Gasteiger partial charge in [0, 0.05) is 0 Å². The highest BCUT2D eigenvalue weighted by Crippen LogP contribution is 2.13. The maximum absolute atomic E-state index is 11.2. The third kappa shape index (κ3) is 3.57. The average Bonchev–Trinajstić information content (AvgIpc) is 2.37. The molecule has 1 aromatic rings. The van der Waals surface area contributed by atoms with Crippen molar-refractivity contribution >= 4 is 11.9 Å². The number of hydrogen-bond donors (Lipinski definition) is 1. The van der Waals surface area contributed by atoms with Crippen LogP contribution in [0.5, 0.6) is 0 Å². The standard InChI is InChI=1S/C12H15NO4/c1-16-10(14)7-8-3-5-9(6-4-8)11(13)12(15)17-2/h3-6,11H,7,13H2,1-2H3. The Morgan fingerprint density at radius 2 is 1.76 bits per heavy atom. The smallest absolute Gasteiger partial charge is 0.327 e. The second kappa shape index (κ2) is 6.00. The second-order valence-electron chi connectivity index (χ2n) is 3.50. The normalized spacial score (nSPS) is 11.7.